The van der Waals surface area contributed by atoms with Gasteiger partial charge in [-0.2, -0.15) is 0 Å². The number of rotatable bonds is 5. The van der Waals surface area contributed by atoms with Crippen LogP contribution in [0, 0.1) is 5.41 Å². The summed E-state index contributed by atoms with van der Waals surface area (Å²) in [6.07, 6.45) is 5.47. The van der Waals surface area contributed by atoms with Gasteiger partial charge in [-0.05, 0) is 25.2 Å². The zero-order chi connectivity index (χ0) is 14.5. The lowest BCUT2D eigenvalue weighted by Gasteiger charge is -2.31. The molecule has 0 spiro atoms. The Morgan fingerprint density at radius 2 is 1.89 bits per heavy atom. The first-order valence-electron chi connectivity index (χ1n) is 7.19. The second-order valence-corrected chi connectivity index (χ2v) is 7.72. The highest BCUT2D eigenvalue weighted by Gasteiger charge is 2.35. The minimum Gasteiger partial charge on any atom is -0.465 e. The smallest absolute Gasteiger partial charge is 0.324 e. The molecule has 112 valence electrons. The summed E-state index contributed by atoms with van der Waals surface area (Å²) in [6, 6.07) is -0.518. The van der Waals surface area contributed by atoms with E-state index in [0.717, 1.165) is 25.7 Å². The summed E-state index contributed by atoms with van der Waals surface area (Å²) in [5.41, 5.74) is -0.309. The lowest BCUT2D eigenvalue weighted by atomic mass is 9.87. The van der Waals surface area contributed by atoms with Crippen molar-refractivity contribution in [3.05, 3.63) is 0 Å². The number of ether oxygens (including phenoxy) is 1. The molecule has 0 bridgehead atoms. The van der Waals surface area contributed by atoms with E-state index in [9.17, 15) is 9.00 Å². The number of nitrogens with one attached hydrogen (secondary N) is 1. The molecule has 1 aliphatic rings. The quantitative estimate of drug-likeness (QED) is 0.791. The molecule has 2 atom stereocenters. The van der Waals surface area contributed by atoms with Crippen molar-refractivity contribution < 1.29 is 13.7 Å². The Hall–Kier alpha value is -0.420. The van der Waals surface area contributed by atoms with Gasteiger partial charge in [0, 0.05) is 5.25 Å². The van der Waals surface area contributed by atoms with Crippen LogP contribution in [-0.2, 0) is 20.5 Å². The monoisotopic (exact) mass is 289 g/mol. The molecule has 0 aromatic rings. The minimum absolute atomic E-state index is 0.174. The maximum Gasteiger partial charge on any atom is 0.324 e. The van der Waals surface area contributed by atoms with Crippen LogP contribution in [0.2, 0.25) is 0 Å². The SMILES string of the molecule is CCOC(=O)[C@@H](N[S@@](=O)C1CCCCC1)C(C)(C)C. The molecular formula is C14H27NO3S. The third-order valence-electron chi connectivity index (χ3n) is 3.48. The van der Waals surface area contributed by atoms with E-state index >= 15 is 0 Å². The van der Waals surface area contributed by atoms with Gasteiger partial charge in [0.05, 0.1) is 17.6 Å². The molecular weight excluding hydrogens is 262 g/mol. The fourth-order valence-corrected chi connectivity index (χ4v) is 3.93. The van der Waals surface area contributed by atoms with Crippen LogP contribution in [0.15, 0.2) is 0 Å². The Labute approximate surface area is 119 Å². The average Bonchev–Trinajstić information content (AvgIpc) is 2.35. The van der Waals surface area contributed by atoms with Crippen molar-refractivity contribution in [2.24, 2.45) is 5.41 Å². The first-order valence-corrected chi connectivity index (χ1v) is 8.41. The number of hydrogen-bond donors (Lipinski definition) is 1. The molecule has 1 saturated carbocycles. The summed E-state index contributed by atoms with van der Waals surface area (Å²) < 4.78 is 20.4. The van der Waals surface area contributed by atoms with Crippen molar-refractivity contribution in [2.45, 2.75) is 71.1 Å². The normalized spacial score (nSPS) is 20.8. The summed E-state index contributed by atoms with van der Waals surface area (Å²) in [4.78, 5) is 12.0. The van der Waals surface area contributed by atoms with Crippen LogP contribution in [0.3, 0.4) is 0 Å². The zero-order valence-corrected chi connectivity index (χ0v) is 13.3. The van der Waals surface area contributed by atoms with Crippen molar-refractivity contribution >= 4 is 17.0 Å². The van der Waals surface area contributed by atoms with Gasteiger partial charge in [-0.1, -0.05) is 40.0 Å². The Morgan fingerprint density at radius 1 is 1.32 bits per heavy atom. The van der Waals surface area contributed by atoms with Gasteiger partial charge in [0.2, 0.25) is 0 Å². The van der Waals surface area contributed by atoms with Gasteiger partial charge in [-0.15, -0.1) is 0 Å². The van der Waals surface area contributed by atoms with Crippen molar-refractivity contribution in [1.29, 1.82) is 0 Å². The second kappa shape index (κ2) is 7.39. The molecule has 1 aliphatic carbocycles. The van der Waals surface area contributed by atoms with Crippen molar-refractivity contribution in [3.8, 4) is 0 Å². The predicted octanol–water partition coefficient (Wildman–Crippen LogP) is 2.55. The van der Waals surface area contributed by atoms with E-state index in [1.54, 1.807) is 6.92 Å². The van der Waals surface area contributed by atoms with Crippen LogP contribution in [0.25, 0.3) is 0 Å². The van der Waals surface area contributed by atoms with Crippen molar-refractivity contribution in [2.75, 3.05) is 6.61 Å². The third-order valence-corrected chi connectivity index (χ3v) is 5.02. The lowest BCUT2D eigenvalue weighted by molar-refractivity contribution is -0.147. The first-order chi connectivity index (χ1) is 8.86. The Bertz CT molecular complexity index is 319. The second-order valence-electron chi connectivity index (χ2n) is 6.23. The predicted molar refractivity (Wildman–Crippen MR) is 78.0 cm³/mol. The van der Waals surface area contributed by atoms with Crippen molar-refractivity contribution in [1.82, 2.24) is 4.72 Å². The van der Waals surface area contributed by atoms with Crippen LogP contribution in [0.1, 0.15) is 59.8 Å². The standard InChI is InChI=1S/C14H27NO3S/c1-5-18-13(16)12(14(2,3)4)15-19(17)11-9-7-6-8-10-11/h11-12,15H,5-10H2,1-4H3/t12-,19+/m1/s1. The topological polar surface area (TPSA) is 55.4 Å². The molecule has 4 nitrogen and oxygen atoms in total. The average molecular weight is 289 g/mol. The molecule has 0 aliphatic heterocycles. The van der Waals surface area contributed by atoms with E-state index in [1.807, 2.05) is 20.8 Å². The Balaban J connectivity index is 2.66. The van der Waals surface area contributed by atoms with Crippen LogP contribution >= 0.6 is 0 Å². The lowest BCUT2D eigenvalue weighted by Crippen LogP contribution is -2.50. The number of esters is 1. The maximum absolute atomic E-state index is 12.4. The van der Waals surface area contributed by atoms with Gasteiger partial charge in [-0.3, -0.25) is 4.79 Å². The summed E-state index contributed by atoms with van der Waals surface area (Å²) >= 11 is 0. The van der Waals surface area contributed by atoms with Gasteiger partial charge < -0.3 is 4.74 Å². The molecule has 1 fully saturated rings. The van der Waals surface area contributed by atoms with Gasteiger partial charge in [-0.25, -0.2) is 8.93 Å². The van der Waals surface area contributed by atoms with E-state index in [0.29, 0.717) is 6.61 Å². The molecule has 0 amide bonds. The Kier molecular flexibility index (Phi) is 6.47. The van der Waals surface area contributed by atoms with E-state index in [-0.39, 0.29) is 16.6 Å². The van der Waals surface area contributed by atoms with Crippen LogP contribution in [0.5, 0.6) is 0 Å². The molecule has 0 aromatic heterocycles. The Morgan fingerprint density at radius 3 is 2.37 bits per heavy atom. The molecule has 1 rings (SSSR count). The summed E-state index contributed by atoms with van der Waals surface area (Å²) in [6.45, 7) is 8.01. The van der Waals surface area contributed by atoms with E-state index in [1.165, 1.54) is 6.42 Å². The minimum atomic E-state index is -1.16. The summed E-state index contributed by atoms with van der Waals surface area (Å²) in [7, 11) is -1.16. The van der Waals surface area contributed by atoms with Crippen LogP contribution < -0.4 is 4.72 Å². The molecule has 0 aromatic carbocycles. The van der Waals surface area contributed by atoms with Gasteiger partial charge in [0.1, 0.15) is 6.04 Å². The molecule has 0 radical (unpaired) electrons. The molecule has 5 heteroatoms. The maximum atomic E-state index is 12.4. The zero-order valence-electron chi connectivity index (χ0n) is 12.5. The molecule has 19 heavy (non-hydrogen) atoms. The summed E-state index contributed by atoms with van der Waals surface area (Å²) in [5.74, 6) is -0.306. The fraction of sp³-hybridized carbons (Fsp3) is 0.929. The van der Waals surface area contributed by atoms with Gasteiger partial charge in [0.25, 0.3) is 0 Å². The first kappa shape index (κ1) is 16.6. The number of carbonyl (C=O) groups is 1. The molecule has 0 unspecified atom stereocenters. The number of carbonyl (C=O) groups excluding carboxylic acids is 1. The van der Waals surface area contributed by atoms with Gasteiger partial charge in [0.15, 0.2) is 0 Å². The molecule has 1 N–H and O–H groups in total. The number of hydrogen-bond acceptors (Lipinski definition) is 3. The highest BCUT2D eigenvalue weighted by Crippen LogP contribution is 2.25. The van der Waals surface area contributed by atoms with E-state index in [2.05, 4.69) is 4.72 Å². The summed E-state index contributed by atoms with van der Waals surface area (Å²) in [5, 5.41) is 0.174. The third kappa shape index (κ3) is 5.22. The fourth-order valence-electron chi connectivity index (χ4n) is 2.30. The van der Waals surface area contributed by atoms with Crippen molar-refractivity contribution in [3.63, 3.8) is 0 Å². The molecule has 0 saturated heterocycles. The van der Waals surface area contributed by atoms with E-state index < -0.39 is 17.0 Å². The van der Waals surface area contributed by atoms with Gasteiger partial charge >= 0.3 is 5.97 Å². The molecule has 0 heterocycles. The highest BCUT2D eigenvalue weighted by atomic mass is 32.2. The van der Waals surface area contributed by atoms with Crippen LogP contribution in [-0.4, -0.2) is 28.1 Å². The largest absolute Gasteiger partial charge is 0.465 e. The highest BCUT2D eigenvalue weighted by molar-refractivity contribution is 7.83. The van der Waals surface area contributed by atoms with Crippen LogP contribution in [0.4, 0.5) is 0 Å². The van der Waals surface area contributed by atoms with E-state index in [4.69, 9.17) is 4.74 Å².